The van der Waals surface area contributed by atoms with Gasteiger partial charge in [0.05, 0.1) is 5.75 Å². The summed E-state index contributed by atoms with van der Waals surface area (Å²) in [6.07, 6.45) is 0. The maximum atomic E-state index is 12.6. The van der Waals surface area contributed by atoms with E-state index >= 15 is 0 Å². The average Bonchev–Trinajstić information content (AvgIpc) is 3.04. The molecule has 3 aromatic rings. The first-order valence-electron chi connectivity index (χ1n) is 8.40. The molecule has 3 rings (SSSR count). The molecule has 0 bridgehead atoms. The molecule has 10 heteroatoms. The van der Waals surface area contributed by atoms with Crippen LogP contribution in [-0.4, -0.2) is 35.4 Å². The summed E-state index contributed by atoms with van der Waals surface area (Å²) in [5, 5.41) is 8.87. The predicted octanol–water partition coefficient (Wildman–Crippen LogP) is 0.745. The molecule has 0 atom stereocenters. The zero-order valence-corrected chi connectivity index (χ0v) is 16.8. The summed E-state index contributed by atoms with van der Waals surface area (Å²) >= 11 is 1.15. The van der Waals surface area contributed by atoms with Gasteiger partial charge in [0.25, 0.3) is 5.56 Å². The highest BCUT2D eigenvalue weighted by Crippen LogP contribution is 2.24. The lowest BCUT2D eigenvalue weighted by Gasteiger charge is -2.10. The highest BCUT2D eigenvalue weighted by atomic mass is 32.2. The molecule has 0 aliphatic heterocycles. The minimum absolute atomic E-state index is 0.0581. The molecule has 0 radical (unpaired) electrons. The third-order valence-electron chi connectivity index (χ3n) is 4.43. The first-order valence-corrected chi connectivity index (χ1v) is 9.38. The lowest BCUT2D eigenvalue weighted by Crippen LogP contribution is -2.41. The van der Waals surface area contributed by atoms with E-state index in [2.05, 4.69) is 10.2 Å². The van der Waals surface area contributed by atoms with Crippen molar-refractivity contribution in [1.29, 1.82) is 0 Å². The van der Waals surface area contributed by atoms with Gasteiger partial charge < -0.3 is 10.3 Å². The van der Waals surface area contributed by atoms with Crippen molar-refractivity contribution in [3.63, 3.8) is 0 Å². The second kappa shape index (κ2) is 7.47. The van der Waals surface area contributed by atoms with Crippen LogP contribution >= 0.6 is 11.8 Å². The fourth-order valence-electron chi connectivity index (χ4n) is 2.80. The van der Waals surface area contributed by atoms with Gasteiger partial charge in [0, 0.05) is 26.7 Å². The van der Waals surface area contributed by atoms with Crippen LogP contribution in [0.15, 0.2) is 39.0 Å². The van der Waals surface area contributed by atoms with Gasteiger partial charge in [-0.15, -0.1) is 10.2 Å². The average molecular weight is 400 g/mol. The Morgan fingerprint density at radius 3 is 2.50 bits per heavy atom. The lowest BCUT2D eigenvalue weighted by molar-refractivity contribution is 0.102. The molecular formula is C18H20N6O3S. The molecule has 0 spiro atoms. The lowest BCUT2D eigenvalue weighted by atomic mass is 10.1. The van der Waals surface area contributed by atoms with E-state index in [1.807, 2.05) is 38.2 Å². The summed E-state index contributed by atoms with van der Waals surface area (Å²) in [4.78, 5) is 36.8. The van der Waals surface area contributed by atoms with Gasteiger partial charge in [-0.3, -0.25) is 18.7 Å². The van der Waals surface area contributed by atoms with E-state index in [9.17, 15) is 14.4 Å². The second-order valence-electron chi connectivity index (χ2n) is 6.41. The van der Waals surface area contributed by atoms with E-state index in [1.54, 1.807) is 4.57 Å². The maximum absolute atomic E-state index is 12.6. The number of thioether (sulfide) groups is 1. The standard InChI is InChI=1S/C18H20N6O3S/c1-10-6-5-7-11(8-10)15-20-21-17(23(15)3)28-9-12(25)13-14(19)22(2)18(27)24(4)16(13)26/h5-8H,9,19H2,1-4H3. The molecule has 2 N–H and O–H groups in total. The molecule has 0 saturated carbocycles. The molecule has 28 heavy (non-hydrogen) atoms. The van der Waals surface area contributed by atoms with Gasteiger partial charge in [-0.25, -0.2) is 4.79 Å². The van der Waals surface area contributed by atoms with Crippen LogP contribution in [0.25, 0.3) is 11.4 Å². The van der Waals surface area contributed by atoms with Gasteiger partial charge in [-0.1, -0.05) is 35.5 Å². The molecule has 2 heterocycles. The predicted molar refractivity (Wildman–Crippen MR) is 108 cm³/mol. The number of Topliss-reactive ketones (excluding diaryl/α,β-unsaturated/α-hetero) is 1. The number of ketones is 1. The van der Waals surface area contributed by atoms with E-state index in [0.717, 1.165) is 32.0 Å². The number of benzene rings is 1. The number of aryl methyl sites for hydroxylation is 1. The van der Waals surface area contributed by atoms with E-state index in [4.69, 9.17) is 5.73 Å². The van der Waals surface area contributed by atoms with Crippen molar-refractivity contribution in [2.75, 3.05) is 11.5 Å². The van der Waals surface area contributed by atoms with Gasteiger partial charge in [0.1, 0.15) is 11.4 Å². The van der Waals surface area contributed by atoms with Crippen LogP contribution in [0.1, 0.15) is 15.9 Å². The minimum atomic E-state index is -0.704. The molecule has 146 valence electrons. The van der Waals surface area contributed by atoms with Crippen LogP contribution in [0.2, 0.25) is 0 Å². The summed E-state index contributed by atoms with van der Waals surface area (Å²) in [5.74, 6) is 0.00403. The van der Waals surface area contributed by atoms with Crippen LogP contribution < -0.4 is 17.0 Å². The van der Waals surface area contributed by atoms with Crippen LogP contribution in [-0.2, 0) is 21.1 Å². The number of nitrogens with two attached hydrogens (primary N) is 1. The molecule has 1 aromatic carbocycles. The Bertz CT molecular complexity index is 1190. The van der Waals surface area contributed by atoms with Crippen LogP contribution in [0.3, 0.4) is 0 Å². The zero-order valence-electron chi connectivity index (χ0n) is 16.0. The van der Waals surface area contributed by atoms with Crippen molar-refractivity contribution in [2.24, 2.45) is 21.1 Å². The Morgan fingerprint density at radius 2 is 1.82 bits per heavy atom. The Balaban J connectivity index is 1.86. The van der Waals surface area contributed by atoms with Crippen molar-refractivity contribution in [1.82, 2.24) is 23.9 Å². The third-order valence-corrected chi connectivity index (χ3v) is 5.45. The Kier molecular flexibility index (Phi) is 5.23. The molecule has 0 amide bonds. The molecule has 0 aliphatic rings. The van der Waals surface area contributed by atoms with Gasteiger partial charge >= 0.3 is 5.69 Å². The largest absolute Gasteiger partial charge is 0.384 e. The quantitative estimate of drug-likeness (QED) is 0.496. The first-order chi connectivity index (χ1) is 13.2. The number of carbonyl (C=O) groups excluding carboxylic acids is 1. The number of anilines is 1. The summed E-state index contributed by atoms with van der Waals surface area (Å²) in [7, 11) is 4.53. The second-order valence-corrected chi connectivity index (χ2v) is 7.36. The molecular weight excluding hydrogens is 380 g/mol. The number of nitrogen functional groups attached to an aromatic ring is 1. The van der Waals surface area contributed by atoms with E-state index in [1.165, 1.54) is 14.1 Å². The van der Waals surface area contributed by atoms with Crippen molar-refractivity contribution < 1.29 is 4.79 Å². The first kappa shape index (κ1) is 19.6. The summed E-state index contributed by atoms with van der Waals surface area (Å²) in [6.45, 7) is 1.99. The van der Waals surface area contributed by atoms with E-state index in [-0.39, 0.29) is 17.1 Å². The van der Waals surface area contributed by atoms with Crippen molar-refractivity contribution in [3.05, 3.63) is 56.2 Å². The van der Waals surface area contributed by atoms with Crippen LogP contribution in [0.5, 0.6) is 0 Å². The fourth-order valence-corrected chi connectivity index (χ4v) is 3.58. The Labute approximate surface area is 164 Å². The highest BCUT2D eigenvalue weighted by Gasteiger charge is 2.21. The Morgan fingerprint density at radius 1 is 1.11 bits per heavy atom. The minimum Gasteiger partial charge on any atom is -0.384 e. The summed E-state index contributed by atoms with van der Waals surface area (Å²) in [5.41, 5.74) is 6.38. The summed E-state index contributed by atoms with van der Waals surface area (Å²) < 4.78 is 3.73. The number of nitrogens with zero attached hydrogens (tertiary/aromatic N) is 5. The number of aromatic nitrogens is 5. The molecule has 2 aromatic heterocycles. The van der Waals surface area contributed by atoms with Gasteiger partial charge in [-0.2, -0.15) is 0 Å². The van der Waals surface area contributed by atoms with Crippen LogP contribution in [0, 0.1) is 6.92 Å². The number of hydrogen-bond acceptors (Lipinski definition) is 7. The van der Waals surface area contributed by atoms with Gasteiger partial charge in [0.15, 0.2) is 16.8 Å². The number of hydrogen-bond donors (Lipinski definition) is 1. The molecule has 9 nitrogen and oxygen atoms in total. The van der Waals surface area contributed by atoms with E-state index < -0.39 is 17.0 Å². The highest BCUT2D eigenvalue weighted by molar-refractivity contribution is 7.99. The van der Waals surface area contributed by atoms with Gasteiger partial charge in [-0.05, 0) is 13.0 Å². The number of rotatable bonds is 5. The topological polar surface area (TPSA) is 118 Å². The zero-order chi connectivity index (χ0) is 20.6. The third kappa shape index (κ3) is 3.38. The smallest absolute Gasteiger partial charge is 0.332 e. The molecule has 0 fully saturated rings. The maximum Gasteiger partial charge on any atom is 0.332 e. The SMILES string of the molecule is Cc1cccc(-c2nnc(SCC(=O)c3c(N)n(C)c(=O)n(C)c3=O)n2C)c1. The van der Waals surface area contributed by atoms with Crippen molar-refractivity contribution in [3.8, 4) is 11.4 Å². The summed E-state index contributed by atoms with van der Waals surface area (Å²) in [6, 6.07) is 7.87. The normalized spacial score (nSPS) is 11.0. The van der Waals surface area contributed by atoms with Gasteiger partial charge in [0.2, 0.25) is 0 Å². The molecule has 0 saturated heterocycles. The molecule has 0 aliphatic carbocycles. The van der Waals surface area contributed by atoms with Crippen LogP contribution in [0.4, 0.5) is 5.82 Å². The van der Waals surface area contributed by atoms with Crippen molar-refractivity contribution >= 4 is 23.4 Å². The van der Waals surface area contributed by atoms with E-state index in [0.29, 0.717) is 11.0 Å². The monoisotopic (exact) mass is 400 g/mol. The Hall–Kier alpha value is -3.14. The fraction of sp³-hybridized carbons (Fsp3) is 0.278. The van der Waals surface area contributed by atoms with Crippen molar-refractivity contribution in [2.45, 2.75) is 12.1 Å². The molecule has 0 unspecified atom stereocenters. The number of carbonyl (C=O) groups is 1.